The van der Waals surface area contributed by atoms with Gasteiger partial charge < -0.3 is 10.4 Å². The van der Waals surface area contributed by atoms with Crippen molar-refractivity contribution in [1.29, 1.82) is 0 Å². The molecule has 21 heavy (non-hydrogen) atoms. The van der Waals surface area contributed by atoms with Crippen LogP contribution in [0, 0.1) is 13.8 Å². The number of carbonyl (C=O) groups excluding carboxylic acids is 1. The summed E-state index contributed by atoms with van der Waals surface area (Å²) in [4.78, 5) is 32.7. The number of thioether (sulfide) groups is 1. The Hall–Kier alpha value is -1.67. The summed E-state index contributed by atoms with van der Waals surface area (Å²) in [7, 11) is 0. The summed E-state index contributed by atoms with van der Waals surface area (Å²) in [5, 5.41) is 13.2. The molecule has 2 aromatic heterocycles. The Kier molecular flexibility index (Phi) is 4.79. The van der Waals surface area contributed by atoms with Crippen molar-refractivity contribution in [3.63, 3.8) is 0 Å². The van der Waals surface area contributed by atoms with Gasteiger partial charge in [-0.2, -0.15) is 0 Å². The maximum atomic E-state index is 11.1. The molecule has 2 rings (SSSR count). The van der Waals surface area contributed by atoms with E-state index >= 15 is 0 Å². The minimum Gasteiger partial charge on any atom is -0.480 e. The van der Waals surface area contributed by atoms with Gasteiger partial charge in [0, 0.05) is 22.9 Å². The smallest absolute Gasteiger partial charge is 0.327 e. The molecule has 0 aliphatic heterocycles. The highest BCUT2D eigenvalue weighted by atomic mass is 32.2. The Bertz CT molecular complexity index is 699. The molecule has 0 fully saturated rings. The van der Waals surface area contributed by atoms with Gasteiger partial charge in [-0.05, 0) is 19.4 Å². The van der Waals surface area contributed by atoms with E-state index in [0.717, 1.165) is 20.8 Å². The molecule has 6 nitrogen and oxygen atoms in total. The van der Waals surface area contributed by atoms with Crippen molar-refractivity contribution in [2.24, 2.45) is 0 Å². The first-order chi connectivity index (χ1) is 9.90. The lowest BCUT2D eigenvalue weighted by molar-refractivity contribution is -0.140. The summed E-state index contributed by atoms with van der Waals surface area (Å²) in [5.41, 5.74) is 1.12. The van der Waals surface area contributed by atoms with Crippen LogP contribution in [0.5, 0.6) is 0 Å². The van der Waals surface area contributed by atoms with Gasteiger partial charge in [0.1, 0.15) is 22.2 Å². The number of nitrogens with one attached hydrogen (secondary N) is 1. The van der Waals surface area contributed by atoms with Gasteiger partial charge in [0.2, 0.25) is 5.91 Å². The summed E-state index contributed by atoms with van der Waals surface area (Å²) < 4.78 is 0. The van der Waals surface area contributed by atoms with E-state index in [2.05, 4.69) is 15.3 Å². The minimum absolute atomic E-state index is 0.218. The lowest BCUT2D eigenvalue weighted by Gasteiger charge is -2.12. The van der Waals surface area contributed by atoms with Crippen molar-refractivity contribution in [1.82, 2.24) is 15.3 Å². The first-order valence-electron chi connectivity index (χ1n) is 6.23. The van der Waals surface area contributed by atoms with Crippen LogP contribution < -0.4 is 5.32 Å². The van der Waals surface area contributed by atoms with Crippen LogP contribution in [0.3, 0.4) is 0 Å². The Morgan fingerprint density at radius 3 is 2.76 bits per heavy atom. The van der Waals surface area contributed by atoms with Gasteiger partial charge in [0.15, 0.2) is 0 Å². The van der Waals surface area contributed by atoms with E-state index < -0.39 is 12.0 Å². The maximum Gasteiger partial charge on any atom is 0.327 e. The number of carboxylic acid groups (broad SMARTS) is 1. The average Bonchev–Trinajstić information content (AvgIpc) is 2.70. The quantitative estimate of drug-likeness (QED) is 0.645. The number of aryl methyl sites for hydroxylation is 2. The second-order valence-electron chi connectivity index (χ2n) is 4.54. The second kappa shape index (κ2) is 6.40. The highest BCUT2D eigenvalue weighted by Gasteiger charge is 2.20. The number of rotatable bonds is 5. The van der Waals surface area contributed by atoms with Crippen molar-refractivity contribution in [3.05, 3.63) is 16.8 Å². The van der Waals surface area contributed by atoms with E-state index in [1.807, 2.05) is 13.8 Å². The normalized spacial score (nSPS) is 12.3. The van der Waals surface area contributed by atoms with E-state index in [1.54, 1.807) is 11.3 Å². The molecule has 2 N–H and O–H groups in total. The molecule has 1 atom stereocenters. The largest absolute Gasteiger partial charge is 0.480 e. The average molecular weight is 325 g/mol. The molecule has 0 radical (unpaired) electrons. The summed E-state index contributed by atoms with van der Waals surface area (Å²) >= 11 is 2.91. The van der Waals surface area contributed by atoms with Crippen molar-refractivity contribution < 1.29 is 14.7 Å². The number of carbonyl (C=O) groups is 2. The Balaban J connectivity index is 2.23. The monoisotopic (exact) mass is 325 g/mol. The summed E-state index contributed by atoms with van der Waals surface area (Å²) in [5.74, 6) is -1.20. The van der Waals surface area contributed by atoms with E-state index in [1.165, 1.54) is 29.9 Å². The fraction of sp³-hybridized carbons (Fsp3) is 0.385. The van der Waals surface area contributed by atoms with Crippen molar-refractivity contribution in [3.8, 4) is 0 Å². The van der Waals surface area contributed by atoms with E-state index in [9.17, 15) is 9.59 Å². The highest BCUT2D eigenvalue weighted by Crippen LogP contribution is 2.34. The zero-order chi connectivity index (χ0) is 15.6. The predicted octanol–water partition coefficient (Wildman–Crippen LogP) is 1.99. The van der Waals surface area contributed by atoms with E-state index in [-0.39, 0.29) is 11.7 Å². The molecule has 0 aromatic carbocycles. The minimum atomic E-state index is -1.05. The van der Waals surface area contributed by atoms with Gasteiger partial charge in [0.25, 0.3) is 0 Å². The van der Waals surface area contributed by atoms with Gasteiger partial charge in [-0.1, -0.05) is 0 Å². The zero-order valence-electron chi connectivity index (χ0n) is 11.8. The fourth-order valence-corrected chi connectivity index (χ4v) is 3.97. The van der Waals surface area contributed by atoms with Crippen LogP contribution >= 0.6 is 23.1 Å². The highest BCUT2D eigenvalue weighted by molar-refractivity contribution is 7.99. The molecule has 8 heteroatoms. The van der Waals surface area contributed by atoms with Gasteiger partial charge in [0.05, 0.1) is 0 Å². The number of aliphatic carboxylic acids is 1. The van der Waals surface area contributed by atoms with Crippen LogP contribution in [0.15, 0.2) is 11.4 Å². The van der Waals surface area contributed by atoms with E-state index in [4.69, 9.17) is 5.11 Å². The molecule has 1 unspecified atom stereocenters. The van der Waals surface area contributed by atoms with Crippen LogP contribution in [0.1, 0.15) is 17.4 Å². The van der Waals surface area contributed by atoms with Crippen LogP contribution in [0.4, 0.5) is 0 Å². The first kappa shape index (κ1) is 15.7. The van der Waals surface area contributed by atoms with Gasteiger partial charge in [-0.15, -0.1) is 23.1 Å². The molecular weight excluding hydrogens is 310 g/mol. The summed E-state index contributed by atoms with van der Waals surface area (Å²) in [6, 6.07) is -0.933. The number of aromatic nitrogens is 2. The predicted molar refractivity (Wildman–Crippen MR) is 82.9 cm³/mol. The molecular formula is C13H15N3O3S2. The van der Waals surface area contributed by atoms with Crippen molar-refractivity contribution in [2.75, 3.05) is 5.75 Å². The molecule has 0 aliphatic rings. The topological polar surface area (TPSA) is 92.2 Å². The van der Waals surface area contributed by atoms with Gasteiger partial charge in [-0.25, -0.2) is 14.8 Å². The molecule has 2 heterocycles. The SMILES string of the molecule is CC(=O)NC(CSc1ncnc2sc(C)c(C)c12)C(=O)O. The molecule has 112 valence electrons. The Morgan fingerprint density at radius 1 is 1.43 bits per heavy atom. The second-order valence-corrected chi connectivity index (χ2v) is 6.76. The summed E-state index contributed by atoms with van der Waals surface area (Å²) in [6.07, 6.45) is 1.48. The molecule has 0 saturated heterocycles. The number of thiophene rings is 1. The van der Waals surface area contributed by atoms with Crippen LogP contribution in [0.25, 0.3) is 10.2 Å². The third-order valence-electron chi connectivity index (χ3n) is 2.99. The fourth-order valence-electron chi connectivity index (χ4n) is 1.84. The molecule has 0 bridgehead atoms. The zero-order valence-corrected chi connectivity index (χ0v) is 13.5. The molecule has 1 amide bonds. The Labute approximate surface area is 130 Å². The van der Waals surface area contributed by atoms with Crippen LogP contribution in [-0.4, -0.2) is 38.7 Å². The van der Waals surface area contributed by atoms with Gasteiger partial charge in [-0.3, -0.25) is 4.79 Å². The van der Waals surface area contributed by atoms with E-state index in [0.29, 0.717) is 0 Å². The lowest BCUT2D eigenvalue weighted by atomic mass is 10.2. The number of amides is 1. The lowest BCUT2D eigenvalue weighted by Crippen LogP contribution is -2.41. The number of fused-ring (bicyclic) bond motifs is 1. The third kappa shape index (κ3) is 3.51. The maximum absolute atomic E-state index is 11.1. The first-order valence-corrected chi connectivity index (χ1v) is 8.03. The number of hydrogen-bond acceptors (Lipinski definition) is 6. The molecule has 2 aromatic rings. The molecule has 0 spiro atoms. The standard InChI is InChI=1S/C13H15N3O3S2/c1-6-7(2)21-12-10(6)11(14-5-15-12)20-4-9(13(18)19)16-8(3)17/h5,9H,4H2,1-3H3,(H,16,17)(H,18,19). The summed E-state index contributed by atoms with van der Waals surface area (Å²) in [6.45, 7) is 5.33. The Morgan fingerprint density at radius 2 is 2.14 bits per heavy atom. The van der Waals surface area contributed by atoms with Crippen LogP contribution in [0.2, 0.25) is 0 Å². The third-order valence-corrected chi connectivity index (χ3v) is 5.19. The van der Waals surface area contributed by atoms with Crippen LogP contribution in [-0.2, 0) is 9.59 Å². The van der Waals surface area contributed by atoms with Gasteiger partial charge >= 0.3 is 5.97 Å². The number of carboxylic acids is 1. The van der Waals surface area contributed by atoms with Crippen molar-refractivity contribution >= 4 is 45.2 Å². The molecule has 0 saturated carbocycles. The number of hydrogen-bond donors (Lipinski definition) is 2. The van der Waals surface area contributed by atoms with Crippen molar-refractivity contribution in [2.45, 2.75) is 31.8 Å². The number of nitrogens with zero attached hydrogens (tertiary/aromatic N) is 2. The molecule has 0 aliphatic carbocycles.